The highest BCUT2D eigenvalue weighted by molar-refractivity contribution is 5.97. The van der Waals surface area contributed by atoms with E-state index in [1.54, 1.807) is 36.8 Å². The molecule has 0 saturated carbocycles. The van der Waals surface area contributed by atoms with E-state index in [-0.39, 0.29) is 18.3 Å². The normalized spacial score (nSPS) is 11.9. The van der Waals surface area contributed by atoms with Crippen LogP contribution in [0.4, 0.5) is 4.39 Å². The predicted octanol–water partition coefficient (Wildman–Crippen LogP) is 1.87. The summed E-state index contributed by atoms with van der Waals surface area (Å²) in [5.41, 5.74) is 0.864. The molecule has 0 saturated heterocycles. The summed E-state index contributed by atoms with van der Waals surface area (Å²) in [5.74, 6) is -0.361. The lowest BCUT2D eigenvalue weighted by molar-refractivity contribution is 0.0915. The molecule has 0 fully saturated rings. The van der Waals surface area contributed by atoms with Gasteiger partial charge in [-0.25, -0.2) is 14.1 Å². The van der Waals surface area contributed by atoms with Gasteiger partial charge in [0.05, 0.1) is 11.7 Å². The van der Waals surface area contributed by atoms with Crippen LogP contribution in [0.25, 0.3) is 5.82 Å². The number of carbonyl (C=O) groups is 1. The summed E-state index contributed by atoms with van der Waals surface area (Å²) in [5, 5.41) is 16.8. The molecule has 24 heavy (non-hydrogen) atoms. The fourth-order valence-electron chi connectivity index (χ4n) is 2.24. The Hall–Kier alpha value is -3.06. The van der Waals surface area contributed by atoms with Crippen molar-refractivity contribution >= 4 is 5.91 Å². The Morgan fingerprint density at radius 1 is 1.21 bits per heavy atom. The molecule has 2 aromatic heterocycles. The number of aromatic nitrogens is 3. The molecule has 2 N–H and O–H groups in total. The molecule has 6 nitrogen and oxygen atoms in total. The summed E-state index contributed by atoms with van der Waals surface area (Å²) in [7, 11) is 0. The Labute approximate surface area is 137 Å². The van der Waals surface area contributed by atoms with Gasteiger partial charge in [-0.05, 0) is 35.9 Å². The largest absolute Gasteiger partial charge is 0.387 e. The maximum atomic E-state index is 12.9. The first kappa shape index (κ1) is 15.8. The van der Waals surface area contributed by atoms with Crippen molar-refractivity contribution in [3.8, 4) is 5.82 Å². The molecule has 0 spiro atoms. The summed E-state index contributed by atoms with van der Waals surface area (Å²) in [6, 6.07) is 10.5. The molecule has 2 heterocycles. The van der Waals surface area contributed by atoms with Gasteiger partial charge in [0.25, 0.3) is 5.91 Å². The first-order valence-corrected chi connectivity index (χ1v) is 7.32. The van der Waals surface area contributed by atoms with E-state index in [4.69, 9.17) is 0 Å². The highest BCUT2D eigenvalue weighted by atomic mass is 19.1. The van der Waals surface area contributed by atoms with Gasteiger partial charge in [-0.3, -0.25) is 4.79 Å². The summed E-state index contributed by atoms with van der Waals surface area (Å²) >= 11 is 0. The van der Waals surface area contributed by atoms with Crippen LogP contribution in [0.5, 0.6) is 0 Å². The first-order chi connectivity index (χ1) is 11.6. The molecule has 1 aromatic carbocycles. The topological polar surface area (TPSA) is 80.0 Å². The fourth-order valence-corrected chi connectivity index (χ4v) is 2.24. The standard InChI is InChI=1S/C17H15FN4O2/c18-13-6-4-12(5-7-13)15(23)11-20-17(24)14-3-1-8-19-16(14)22-10-2-9-21-22/h1-10,15,23H,11H2,(H,20,24). The Morgan fingerprint density at radius 3 is 2.71 bits per heavy atom. The number of aliphatic hydroxyl groups excluding tert-OH is 1. The Kier molecular flexibility index (Phi) is 4.62. The van der Waals surface area contributed by atoms with Crippen LogP contribution in [0.15, 0.2) is 61.1 Å². The van der Waals surface area contributed by atoms with E-state index in [0.29, 0.717) is 16.9 Å². The van der Waals surface area contributed by atoms with Crippen LogP contribution >= 0.6 is 0 Å². The Bertz CT molecular complexity index is 819. The van der Waals surface area contributed by atoms with Gasteiger partial charge in [-0.15, -0.1) is 0 Å². The molecule has 3 aromatic rings. The predicted molar refractivity (Wildman–Crippen MR) is 85.1 cm³/mol. The molecular weight excluding hydrogens is 311 g/mol. The number of pyridine rings is 1. The number of hydrogen-bond donors (Lipinski definition) is 2. The average molecular weight is 326 g/mol. The van der Waals surface area contributed by atoms with Crippen LogP contribution in [-0.2, 0) is 0 Å². The minimum absolute atomic E-state index is 0.00208. The smallest absolute Gasteiger partial charge is 0.255 e. The summed E-state index contributed by atoms with van der Waals surface area (Å²) in [6.07, 6.45) is 3.92. The van der Waals surface area contributed by atoms with Gasteiger partial charge in [-0.2, -0.15) is 5.10 Å². The van der Waals surface area contributed by atoms with Crippen LogP contribution in [0.1, 0.15) is 22.0 Å². The number of nitrogens with one attached hydrogen (secondary N) is 1. The second-order valence-corrected chi connectivity index (χ2v) is 5.10. The number of aliphatic hydroxyl groups is 1. The van der Waals surface area contributed by atoms with Gasteiger partial charge in [0.2, 0.25) is 0 Å². The number of rotatable bonds is 5. The highest BCUT2D eigenvalue weighted by Gasteiger charge is 2.15. The van der Waals surface area contributed by atoms with E-state index in [1.807, 2.05) is 0 Å². The van der Waals surface area contributed by atoms with Crippen molar-refractivity contribution in [3.63, 3.8) is 0 Å². The van der Waals surface area contributed by atoms with E-state index in [0.717, 1.165) is 0 Å². The molecule has 7 heteroatoms. The lowest BCUT2D eigenvalue weighted by Crippen LogP contribution is -2.29. The van der Waals surface area contributed by atoms with Gasteiger partial charge >= 0.3 is 0 Å². The number of amides is 1. The molecule has 3 rings (SSSR count). The zero-order valence-electron chi connectivity index (χ0n) is 12.6. The van der Waals surface area contributed by atoms with Crippen molar-refractivity contribution in [3.05, 3.63) is 78.0 Å². The van der Waals surface area contributed by atoms with E-state index in [9.17, 15) is 14.3 Å². The highest BCUT2D eigenvalue weighted by Crippen LogP contribution is 2.14. The van der Waals surface area contributed by atoms with Crippen molar-refractivity contribution in [1.82, 2.24) is 20.1 Å². The van der Waals surface area contributed by atoms with Crippen LogP contribution in [0.2, 0.25) is 0 Å². The van der Waals surface area contributed by atoms with Crippen LogP contribution in [-0.4, -0.2) is 32.3 Å². The lowest BCUT2D eigenvalue weighted by Gasteiger charge is -2.13. The van der Waals surface area contributed by atoms with E-state index >= 15 is 0 Å². The summed E-state index contributed by atoms with van der Waals surface area (Å²) in [4.78, 5) is 16.6. The molecule has 0 aliphatic rings. The van der Waals surface area contributed by atoms with Gasteiger partial charge in [0.1, 0.15) is 5.82 Å². The number of nitrogens with zero attached hydrogens (tertiary/aromatic N) is 3. The second-order valence-electron chi connectivity index (χ2n) is 5.10. The third-order valence-corrected chi connectivity index (χ3v) is 3.46. The SMILES string of the molecule is O=C(NCC(O)c1ccc(F)cc1)c1cccnc1-n1cccn1. The van der Waals surface area contributed by atoms with Crippen molar-refractivity contribution in [1.29, 1.82) is 0 Å². The molecule has 1 atom stereocenters. The average Bonchev–Trinajstić information content (AvgIpc) is 3.14. The van der Waals surface area contributed by atoms with Gasteiger partial charge in [0, 0.05) is 25.1 Å². The molecule has 0 aliphatic carbocycles. The Balaban J connectivity index is 1.71. The number of benzene rings is 1. The van der Waals surface area contributed by atoms with E-state index in [2.05, 4.69) is 15.4 Å². The van der Waals surface area contributed by atoms with Crippen molar-refractivity contribution < 1.29 is 14.3 Å². The van der Waals surface area contributed by atoms with Crippen molar-refractivity contribution in [2.24, 2.45) is 0 Å². The first-order valence-electron chi connectivity index (χ1n) is 7.32. The number of halogens is 1. The molecule has 0 radical (unpaired) electrons. The molecule has 1 amide bonds. The minimum atomic E-state index is -0.931. The van der Waals surface area contributed by atoms with Crippen LogP contribution < -0.4 is 5.32 Å². The zero-order valence-corrected chi connectivity index (χ0v) is 12.6. The quantitative estimate of drug-likeness (QED) is 0.750. The summed E-state index contributed by atoms with van der Waals surface area (Å²) in [6.45, 7) is -0.00208. The van der Waals surface area contributed by atoms with Crippen molar-refractivity contribution in [2.75, 3.05) is 6.54 Å². The maximum Gasteiger partial charge on any atom is 0.255 e. The van der Waals surface area contributed by atoms with Crippen molar-refractivity contribution in [2.45, 2.75) is 6.10 Å². The lowest BCUT2D eigenvalue weighted by atomic mass is 10.1. The number of hydrogen-bond acceptors (Lipinski definition) is 4. The third kappa shape index (κ3) is 3.47. The second kappa shape index (κ2) is 7.01. The molecule has 122 valence electrons. The van der Waals surface area contributed by atoms with Crippen LogP contribution in [0, 0.1) is 5.82 Å². The molecule has 1 unspecified atom stereocenters. The fraction of sp³-hybridized carbons (Fsp3) is 0.118. The van der Waals surface area contributed by atoms with Crippen LogP contribution in [0.3, 0.4) is 0 Å². The molecular formula is C17H15FN4O2. The third-order valence-electron chi connectivity index (χ3n) is 3.46. The van der Waals surface area contributed by atoms with E-state index < -0.39 is 6.10 Å². The molecule has 0 aliphatic heterocycles. The number of carbonyl (C=O) groups excluding carboxylic acids is 1. The monoisotopic (exact) mass is 326 g/mol. The minimum Gasteiger partial charge on any atom is -0.387 e. The Morgan fingerprint density at radius 2 is 2.00 bits per heavy atom. The zero-order chi connectivity index (χ0) is 16.9. The molecule has 0 bridgehead atoms. The summed E-state index contributed by atoms with van der Waals surface area (Å²) < 4.78 is 14.4. The van der Waals surface area contributed by atoms with Gasteiger partial charge in [-0.1, -0.05) is 12.1 Å². The maximum absolute atomic E-state index is 12.9. The van der Waals surface area contributed by atoms with Gasteiger partial charge in [0.15, 0.2) is 5.82 Å². The van der Waals surface area contributed by atoms with E-state index in [1.165, 1.54) is 28.9 Å². The van der Waals surface area contributed by atoms with Gasteiger partial charge < -0.3 is 10.4 Å².